The fourth-order valence-electron chi connectivity index (χ4n) is 2.34. The molecule has 1 aromatic heterocycles. The molecule has 0 bridgehead atoms. The van der Waals surface area contributed by atoms with E-state index in [2.05, 4.69) is 9.98 Å². The van der Waals surface area contributed by atoms with Crippen LogP contribution in [0.1, 0.15) is 15.4 Å². The van der Waals surface area contributed by atoms with Crippen LogP contribution < -0.4 is 4.74 Å². The van der Waals surface area contributed by atoms with E-state index in [-0.39, 0.29) is 16.9 Å². The molecule has 0 amide bonds. The number of rotatable bonds is 6. The molecule has 0 aliphatic rings. The van der Waals surface area contributed by atoms with Crippen molar-refractivity contribution in [2.45, 2.75) is 0 Å². The lowest BCUT2D eigenvalue weighted by Gasteiger charge is -2.01. The predicted molar refractivity (Wildman–Crippen MR) is 109 cm³/mol. The smallest absolute Gasteiger partial charge is 0.339 e. The van der Waals surface area contributed by atoms with E-state index < -0.39 is 5.97 Å². The van der Waals surface area contributed by atoms with Crippen LogP contribution in [0.15, 0.2) is 52.8 Å². The number of aromatic nitrogens is 1. The van der Waals surface area contributed by atoms with Gasteiger partial charge < -0.3 is 20.4 Å². The molecule has 0 radical (unpaired) electrons. The Balaban J connectivity index is 1.84. The molecule has 0 fully saturated rings. The Morgan fingerprint density at radius 2 is 2.04 bits per heavy atom. The van der Waals surface area contributed by atoms with Gasteiger partial charge in [-0.1, -0.05) is 0 Å². The van der Waals surface area contributed by atoms with Crippen molar-refractivity contribution >= 4 is 40.7 Å². The Morgan fingerprint density at radius 3 is 2.68 bits per heavy atom. The van der Waals surface area contributed by atoms with Gasteiger partial charge >= 0.3 is 5.97 Å². The maximum absolute atomic E-state index is 11.1. The molecule has 0 atom stereocenters. The molecule has 0 saturated carbocycles. The van der Waals surface area contributed by atoms with Crippen LogP contribution in [-0.2, 0) is 0 Å². The van der Waals surface area contributed by atoms with Crippen LogP contribution in [0, 0.1) is 0 Å². The van der Waals surface area contributed by atoms with Crippen molar-refractivity contribution in [1.29, 1.82) is 0 Å². The van der Waals surface area contributed by atoms with Crippen molar-refractivity contribution < 1.29 is 19.7 Å². The van der Waals surface area contributed by atoms with Gasteiger partial charge in [0.1, 0.15) is 22.1 Å². The number of aromatic hydroxyl groups is 1. The highest BCUT2D eigenvalue weighted by Crippen LogP contribution is 2.27. The number of aliphatic imine (C=N–C) groups is 1. The quantitative estimate of drug-likeness (QED) is 0.609. The molecule has 0 spiro atoms. The number of ether oxygens (including phenoxy) is 1. The molecule has 1 heterocycles. The number of allylic oxidation sites excluding steroid dienone is 1. The monoisotopic (exact) mass is 392 g/mol. The molecule has 0 saturated heterocycles. The summed E-state index contributed by atoms with van der Waals surface area (Å²) in [7, 11) is 1.59. The van der Waals surface area contributed by atoms with Crippen molar-refractivity contribution in [3.8, 4) is 22.8 Å². The van der Waals surface area contributed by atoms with E-state index in [1.807, 2.05) is 35.5 Å². The summed E-state index contributed by atoms with van der Waals surface area (Å²) >= 11 is 1.31. The summed E-state index contributed by atoms with van der Waals surface area (Å²) in [6.07, 6.45) is 1.33. The lowest BCUT2D eigenvalue weighted by atomic mass is 10.1. The third-order valence-electron chi connectivity index (χ3n) is 3.79. The number of nitrogens with zero attached hydrogens (tertiary/aromatic N) is 3. The van der Waals surface area contributed by atoms with Gasteiger partial charge in [0.05, 0.1) is 18.5 Å². The zero-order valence-corrected chi connectivity index (χ0v) is 15.5. The van der Waals surface area contributed by atoms with E-state index in [4.69, 9.17) is 9.84 Å². The van der Waals surface area contributed by atoms with Crippen molar-refractivity contribution in [2.24, 2.45) is 4.99 Å². The van der Waals surface area contributed by atoms with E-state index in [0.717, 1.165) is 17.0 Å². The Hall–Kier alpha value is -3.74. The second kappa shape index (κ2) is 8.30. The SMILES string of the molecule is COc1ccc(-c2csc(C(=C=[N-])C=Nc3ccc(O)c(C(=O)O)c3)n2)cc1. The summed E-state index contributed by atoms with van der Waals surface area (Å²) in [5.41, 5.74) is 1.90. The molecule has 0 aliphatic carbocycles. The minimum absolute atomic E-state index is 0.245. The van der Waals surface area contributed by atoms with Gasteiger partial charge in [0.15, 0.2) is 0 Å². The second-order valence-electron chi connectivity index (χ2n) is 5.56. The molecule has 7 nitrogen and oxygen atoms in total. The minimum atomic E-state index is -1.26. The topological polar surface area (TPSA) is 114 Å². The number of hydrogen-bond acceptors (Lipinski definition) is 6. The van der Waals surface area contributed by atoms with Gasteiger partial charge in [-0.05, 0) is 42.5 Å². The highest BCUT2D eigenvalue weighted by Gasteiger charge is 2.10. The molecule has 140 valence electrons. The van der Waals surface area contributed by atoms with Crippen LogP contribution in [0.25, 0.3) is 22.2 Å². The summed E-state index contributed by atoms with van der Waals surface area (Å²) in [5.74, 6) is 1.18. The molecule has 2 aromatic carbocycles. The maximum Gasteiger partial charge on any atom is 0.339 e. The van der Waals surface area contributed by atoms with Crippen LogP contribution in [0.5, 0.6) is 11.5 Å². The first-order valence-electron chi connectivity index (χ1n) is 7.99. The summed E-state index contributed by atoms with van der Waals surface area (Å²) in [6.45, 7) is 0. The standard InChI is InChI=1S/C20H14N3O4S/c1-27-15-5-2-12(3-6-15)17-11-28-19(23-17)13(9-21)10-22-14-4-7-18(24)16(8-14)20(25)26/h2-8,10-11,24H,1H3,(H,25,26)/q-1. The van der Waals surface area contributed by atoms with Gasteiger partial charge in [-0.3, -0.25) is 10.9 Å². The van der Waals surface area contributed by atoms with E-state index >= 15 is 0 Å². The predicted octanol–water partition coefficient (Wildman–Crippen LogP) is 4.25. The van der Waals surface area contributed by atoms with Crippen molar-refractivity contribution in [2.75, 3.05) is 7.11 Å². The largest absolute Gasteiger partial charge is 0.763 e. The van der Waals surface area contributed by atoms with Gasteiger partial charge in [-0.2, -0.15) is 0 Å². The molecule has 0 unspecified atom stereocenters. The normalized spacial score (nSPS) is 10.6. The number of carbonyl (C=O) groups is 1. The zero-order valence-electron chi connectivity index (χ0n) is 14.7. The van der Waals surface area contributed by atoms with E-state index in [0.29, 0.717) is 10.7 Å². The van der Waals surface area contributed by atoms with Gasteiger partial charge in [0.25, 0.3) is 0 Å². The minimum Gasteiger partial charge on any atom is -0.763 e. The third kappa shape index (κ3) is 4.15. The number of benzene rings is 2. The number of methoxy groups -OCH3 is 1. The van der Waals surface area contributed by atoms with Gasteiger partial charge in [0, 0.05) is 22.7 Å². The fourth-order valence-corrected chi connectivity index (χ4v) is 3.13. The summed E-state index contributed by atoms with van der Waals surface area (Å²) < 4.78 is 5.14. The fraction of sp³-hybridized carbons (Fsp3) is 0.0500. The van der Waals surface area contributed by atoms with E-state index in [1.54, 1.807) is 7.11 Å². The van der Waals surface area contributed by atoms with Crippen molar-refractivity contribution in [1.82, 2.24) is 4.98 Å². The number of aromatic carboxylic acids is 1. The maximum atomic E-state index is 11.1. The molecule has 0 aliphatic heterocycles. The van der Waals surface area contributed by atoms with Crippen LogP contribution in [0.2, 0.25) is 0 Å². The number of phenols is 1. The Morgan fingerprint density at radius 1 is 1.29 bits per heavy atom. The van der Waals surface area contributed by atoms with Crippen LogP contribution in [0.3, 0.4) is 0 Å². The van der Waals surface area contributed by atoms with E-state index in [1.165, 1.54) is 35.8 Å². The molecule has 3 aromatic rings. The second-order valence-corrected chi connectivity index (χ2v) is 6.41. The lowest BCUT2D eigenvalue weighted by Crippen LogP contribution is -1.96. The molecular formula is C20H14N3O4S-. The number of carboxylic acid groups (broad SMARTS) is 1. The number of carboxylic acids is 1. The summed E-state index contributed by atoms with van der Waals surface area (Å²) in [4.78, 5) is 19.7. The molecule has 3 rings (SSSR count). The average molecular weight is 392 g/mol. The highest BCUT2D eigenvalue weighted by atomic mass is 32.1. The van der Waals surface area contributed by atoms with Gasteiger partial charge in [-0.15, -0.1) is 11.3 Å². The number of hydrogen-bond donors (Lipinski definition) is 2. The molecule has 28 heavy (non-hydrogen) atoms. The first kappa shape index (κ1) is 19.0. The Bertz CT molecular complexity index is 1100. The molecule has 2 N–H and O–H groups in total. The Kier molecular flexibility index (Phi) is 5.64. The highest BCUT2D eigenvalue weighted by molar-refractivity contribution is 7.11. The van der Waals surface area contributed by atoms with Gasteiger partial charge in [-0.25, -0.2) is 9.78 Å². The average Bonchev–Trinajstić information content (AvgIpc) is 3.19. The van der Waals surface area contributed by atoms with Crippen LogP contribution >= 0.6 is 11.3 Å². The van der Waals surface area contributed by atoms with Crippen molar-refractivity contribution in [3.05, 3.63) is 63.8 Å². The third-order valence-corrected chi connectivity index (χ3v) is 4.67. The van der Waals surface area contributed by atoms with Crippen LogP contribution in [0.4, 0.5) is 5.69 Å². The van der Waals surface area contributed by atoms with Crippen LogP contribution in [-0.4, -0.2) is 40.4 Å². The summed E-state index contributed by atoms with van der Waals surface area (Å²) in [6, 6.07) is 11.3. The number of thiazole rings is 1. The summed E-state index contributed by atoms with van der Waals surface area (Å²) in [5, 5.41) is 30.4. The molecule has 8 heteroatoms. The van der Waals surface area contributed by atoms with E-state index in [9.17, 15) is 15.3 Å². The molecular weight excluding hydrogens is 378 g/mol. The first-order chi connectivity index (χ1) is 13.5. The van der Waals surface area contributed by atoms with Gasteiger partial charge in [0.2, 0.25) is 0 Å². The first-order valence-corrected chi connectivity index (χ1v) is 8.87. The van der Waals surface area contributed by atoms with Crippen molar-refractivity contribution in [3.63, 3.8) is 0 Å². The zero-order chi connectivity index (χ0) is 20.1. The Labute approximate surface area is 164 Å². The lowest BCUT2D eigenvalue weighted by molar-refractivity contribution is 0.0694.